The van der Waals surface area contributed by atoms with Crippen molar-refractivity contribution in [1.29, 1.82) is 0 Å². The molecular formula is C26H28N4O8S. The van der Waals surface area contributed by atoms with Gasteiger partial charge in [-0.05, 0) is 24.1 Å². The molecule has 0 aliphatic carbocycles. The molecule has 39 heavy (non-hydrogen) atoms. The van der Waals surface area contributed by atoms with Crippen molar-refractivity contribution in [3.63, 3.8) is 0 Å². The van der Waals surface area contributed by atoms with Crippen LogP contribution in [0.1, 0.15) is 35.3 Å². The van der Waals surface area contributed by atoms with E-state index < -0.39 is 51.1 Å². The fourth-order valence-electron chi connectivity index (χ4n) is 4.55. The third kappa shape index (κ3) is 5.49. The second-order valence-corrected chi connectivity index (χ2v) is 11.2. The monoisotopic (exact) mass is 556 g/mol. The SMILES string of the molecule is CCC(Nc1c(Nc2cccc(C(=O)N3CCN(S(C)(=O)=O)CC3C(=O)O)c2O)c(=O)c1=O)c1ccccc1. The van der Waals surface area contributed by atoms with Gasteiger partial charge in [0.2, 0.25) is 10.0 Å². The highest BCUT2D eigenvalue weighted by Crippen LogP contribution is 2.34. The first-order chi connectivity index (χ1) is 18.4. The first kappa shape index (κ1) is 27.8. The van der Waals surface area contributed by atoms with Crippen LogP contribution in [0, 0.1) is 0 Å². The summed E-state index contributed by atoms with van der Waals surface area (Å²) in [6.07, 6.45) is 1.58. The van der Waals surface area contributed by atoms with Gasteiger partial charge in [0.1, 0.15) is 17.4 Å². The molecule has 4 rings (SSSR count). The summed E-state index contributed by atoms with van der Waals surface area (Å²) >= 11 is 0. The van der Waals surface area contributed by atoms with Crippen LogP contribution in [0.3, 0.4) is 0 Å². The predicted molar refractivity (Wildman–Crippen MR) is 145 cm³/mol. The first-order valence-electron chi connectivity index (χ1n) is 12.2. The Morgan fingerprint density at radius 1 is 1.03 bits per heavy atom. The molecule has 3 aromatic rings. The van der Waals surface area contributed by atoms with Crippen LogP contribution in [0.5, 0.6) is 5.75 Å². The number of phenolic OH excluding ortho intramolecular Hbond substituents is 1. The van der Waals surface area contributed by atoms with Crippen LogP contribution >= 0.6 is 0 Å². The van der Waals surface area contributed by atoms with Gasteiger partial charge in [-0.25, -0.2) is 13.2 Å². The van der Waals surface area contributed by atoms with Gasteiger partial charge in [-0.15, -0.1) is 0 Å². The zero-order valence-corrected chi connectivity index (χ0v) is 22.1. The number of carboxylic acids is 1. The second kappa shape index (κ2) is 10.9. The number of rotatable bonds is 9. The number of piperazine rings is 1. The number of aliphatic carboxylic acids is 1. The number of amides is 1. The number of hydrogen-bond acceptors (Lipinski definition) is 9. The smallest absolute Gasteiger partial charge is 0.327 e. The van der Waals surface area contributed by atoms with Crippen LogP contribution in [0.2, 0.25) is 0 Å². The van der Waals surface area contributed by atoms with E-state index in [0.717, 1.165) is 21.0 Å². The molecule has 1 amide bonds. The highest BCUT2D eigenvalue weighted by molar-refractivity contribution is 7.88. The van der Waals surface area contributed by atoms with Crippen molar-refractivity contribution >= 4 is 39.0 Å². The van der Waals surface area contributed by atoms with E-state index in [1.54, 1.807) is 0 Å². The van der Waals surface area contributed by atoms with E-state index in [9.17, 15) is 37.8 Å². The van der Waals surface area contributed by atoms with Crippen molar-refractivity contribution in [2.75, 3.05) is 36.5 Å². The quantitative estimate of drug-likeness (QED) is 0.223. The molecule has 4 N–H and O–H groups in total. The highest BCUT2D eigenvalue weighted by Gasteiger charge is 2.39. The number of nitrogens with zero attached hydrogens (tertiary/aromatic N) is 2. The lowest BCUT2D eigenvalue weighted by molar-refractivity contribution is -0.143. The van der Waals surface area contributed by atoms with E-state index in [4.69, 9.17) is 0 Å². The van der Waals surface area contributed by atoms with Gasteiger partial charge in [-0.3, -0.25) is 14.4 Å². The van der Waals surface area contributed by atoms with Crippen molar-refractivity contribution in [1.82, 2.24) is 9.21 Å². The Morgan fingerprint density at radius 3 is 2.31 bits per heavy atom. The van der Waals surface area contributed by atoms with E-state index in [1.165, 1.54) is 18.2 Å². The van der Waals surface area contributed by atoms with Crippen molar-refractivity contribution in [3.8, 4) is 5.75 Å². The van der Waals surface area contributed by atoms with E-state index in [0.29, 0.717) is 6.42 Å². The molecule has 0 bridgehead atoms. The predicted octanol–water partition coefficient (Wildman–Crippen LogP) is 1.47. The number of nitrogens with one attached hydrogen (secondary N) is 2. The third-order valence-electron chi connectivity index (χ3n) is 6.72. The van der Waals surface area contributed by atoms with E-state index in [2.05, 4.69) is 10.6 Å². The van der Waals surface area contributed by atoms with Crippen LogP contribution < -0.4 is 21.5 Å². The lowest BCUT2D eigenvalue weighted by Gasteiger charge is -2.38. The van der Waals surface area contributed by atoms with Gasteiger partial charge in [0.05, 0.1) is 23.5 Å². The molecule has 1 saturated heterocycles. The molecule has 206 valence electrons. The summed E-state index contributed by atoms with van der Waals surface area (Å²) in [7, 11) is -3.67. The van der Waals surface area contributed by atoms with Crippen molar-refractivity contribution in [2.24, 2.45) is 0 Å². The van der Waals surface area contributed by atoms with Crippen molar-refractivity contribution in [3.05, 3.63) is 80.1 Å². The zero-order valence-electron chi connectivity index (χ0n) is 21.2. The molecule has 0 saturated carbocycles. The number of para-hydroxylation sites is 1. The Morgan fingerprint density at radius 2 is 1.69 bits per heavy atom. The summed E-state index contributed by atoms with van der Waals surface area (Å²) in [6, 6.07) is 11.8. The minimum absolute atomic E-state index is 0.0367. The number of hydrogen-bond donors (Lipinski definition) is 4. The molecule has 2 atom stereocenters. The van der Waals surface area contributed by atoms with Crippen LogP contribution in [0.25, 0.3) is 0 Å². The summed E-state index contributed by atoms with van der Waals surface area (Å²) in [6.45, 7) is 1.18. The summed E-state index contributed by atoms with van der Waals surface area (Å²) in [4.78, 5) is 50.9. The van der Waals surface area contributed by atoms with Crippen LogP contribution in [0.15, 0.2) is 58.1 Å². The van der Waals surface area contributed by atoms with Crippen molar-refractivity contribution in [2.45, 2.75) is 25.4 Å². The van der Waals surface area contributed by atoms with Crippen molar-refractivity contribution < 1.29 is 28.2 Å². The molecular weight excluding hydrogens is 528 g/mol. The van der Waals surface area contributed by atoms with Gasteiger partial charge in [0.15, 0.2) is 5.75 Å². The molecule has 0 aromatic heterocycles. The molecule has 1 fully saturated rings. The normalized spacial score (nSPS) is 17.1. The fraction of sp³-hybridized carbons (Fsp3) is 0.308. The van der Waals surface area contributed by atoms with Crippen LogP contribution in [0.4, 0.5) is 17.1 Å². The van der Waals surface area contributed by atoms with Gasteiger partial charge >= 0.3 is 5.97 Å². The molecule has 2 unspecified atom stereocenters. The first-order valence-corrected chi connectivity index (χ1v) is 14.0. The summed E-state index contributed by atoms with van der Waals surface area (Å²) in [5.41, 5.74) is -0.896. The van der Waals surface area contributed by atoms with Gasteiger partial charge in [0, 0.05) is 19.6 Å². The molecule has 1 aliphatic rings. The lowest BCUT2D eigenvalue weighted by Crippen LogP contribution is -2.59. The van der Waals surface area contributed by atoms with Crippen LogP contribution in [-0.2, 0) is 14.8 Å². The zero-order chi connectivity index (χ0) is 28.5. The van der Waals surface area contributed by atoms with Crippen LogP contribution in [-0.4, -0.2) is 71.6 Å². The van der Waals surface area contributed by atoms with Gasteiger partial charge in [-0.2, -0.15) is 4.31 Å². The molecule has 1 heterocycles. The minimum Gasteiger partial charge on any atom is -0.505 e. The maximum absolute atomic E-state index is 13.3. The Kier molecular flexibility index (Phi) is 7.74. The Labute approximate surface area is 224 Å². The van der Waals surface area contributed by atoms with E-state index in [1.807, 2.05) is 37.3 Å². The fourth-order valence-corrected chi connectivity index (χ4v) is 5.37. The molecule has 13 heteroatoms. The number of phenols is 1. The molecule has 1 aliphatic heterocycles. The number of anilines is 3. The average molecular weight is 557 g/mol. The van der Waals surface area contributed by atoms with E-state index >= 15 is 0 Å². The number of carbonyl (C=O) groups excluding carboxylic acids is 1. The van der Waals surface area contributed by atoms with Gasteiger partial charge in [-0.1, -0.05) is 43.3 Å². The summed E-state index contributed by atoms with van der Waals surface area (Å²) in [5.74, 6) is -2.77. The van der Waals surface area contributed by atoms with Gasteiger partial charge < -0.3 is 25.7 Å². The standard InChI is InChI=1S/C26H28N4O8S/c1-3-17(15-8-5-4-6-9-15)27-20-21(24(33)23(20)32)28-18-11-7-10-16(22(18)31)25(34)30-13-12-29(39(2,37)38)14-19(30)26(35)36/h4-11,17,19,27-28,31H,3,12-14H2,1-2H3,(H,35,36). The largest absolute Gasteiger partial charge is 0.505 e. The maximum atomic E-state index is 13.3. The summed E-state index contributed by atoms with van der Waals surface area (Å²) < 4.78 is 24.8. The number of benzene rings is 2. The van der Waals surface area contributed by atoms with Gasteiger partial charge in [0.25, 0.3) is 16.8 Å². The number of aromatic hydroxyl groups is 1. The molecule has 0 radical (unpaired) electrons. The lowest BCUT2D eigenvalue weighted by atomic mass is 10.0. The topological polar surface area (TPSA) is 173 Å². The van der Waals surface area contributed by atoms with E-state index in [-0.39, 0.29) is 41.8 Å². The average Bonchev–Trinajstić information content (AvgIpc) is 2.92. The number of sulfonamides is 1. The summed E-state index contributed by atoms with van der Waals surface area (Å²) in [5, 5.41) is 26.4. The number of carbonyl (C=O) groups is 2. The molecule has 12 nitrogen and oxygen atoms in total. The Hall–Kier alpha value is -4.23. The molecule has 0 spiro atoms. The maximum Gasteiger partial charge on any atom is 0.327 e. The second-order valence-electron chi connectivity index (χ2n) is 9.22. The minimum atomic E-state index is -3.67. The molecule has 3 aromatic carbocycles. The Bertz CT molecular complexity index is 1580. The number of carboxylic acid groups (broad SMARTS) is 1. The highest BCUT2D eigenvalue weighted by atomic mass is 32.2. The Balaban J connectivity index is 1.59. The third-order valence-corrected chi connectivity index (χ3v) is 7.99.